The number of nitro benzene ring substituents is 1. The summed E-state index contributed by atoms with van der Waals surface area (Å²) in [6.07, 6.45) is 1.98. The second-order valence-corrected chi connectivity index (χ2v) is 8.60. The second kappa shape index (κ2) is 12.8. The van der Waals surface area contributed by atoms with Crippen LogP contribution in [0.5, 0.6) is 0 Å². The lowest BCUT2D eigenvalue weighted by Gasteiger charge is -2.36. The molecule has 156 valence electrons. The monoisotopic (exact) mass is 409 g/mol. The van der Waals surface area contributed by atoms with Gasteiger partial charge in [0.15, 0.2) is 0 Å². The summed E-state index contributed by atoms with van der Waals surface area (Å²) in [6.45, 7) is 11.0. The van der Waals surface area contributed by atoms with Gasteiger partial charge in [-0.25, -0.2) is 4.67 Å². The first-order valence-electron chi connectivity index (χ1n) is 9.77. The third kappa shape index (κ3) is 7.44. The molecule has 0 radical (unpaired) electrons. The van der Waals surface area contributed by atoms with Gasteiger partial charge in [-0.1, -0.05) is 31.5 Å². The highest BCUT2D eigenvalue weighted by Crippen LogP contribution is 2.47. The fourth-order valence-electron chi connectivity index (χ4n) is 3.14. The molecular weight excluding hydrogens is 377 g/mol. The predicted molar refractivity (Wildman–Crippen MR) is 112 cm³/mol. The van der Waals surface area contributed by atoms with Gasteiger partial charge < -0.3 is 9.05 Å². The minimum absolute atomic E-state index is 0.0858. The summed E-state index contributed by atoms with van der Waals surface area (Å²) in [7, 11) is -1.36. The highest BCUT2D eigenvalue weighted by molar-refractivity contribution is 7.44. The van der Waals surface area contributed by atoms with Crippen molar-refractivity contribution in [1.82, 2.24) is 4.67 Å². The zero-order valence-corrected chi connectivity index (χ0v) is 18.4. The van der Waals surface area contributed by atoms with E-state index in [1.165, 1.54) is 0 Å². The Hall–Kier alpha value is -1.58. The summed E-state index contributed by atoms with van der Waals surface area (Å²) in [5.41, 5.74) is 0.825. The summed E-state index contributed by atoms with van der Waals surface area (Å²) in [4.78, 5) is 11.1. The molecule has 2 unspecified atom stereocenters. The van der Waals surface area contributed by atoms with Crippen molar-refractivity contribution >= 4 is 14.2 Å². The van der Waals surface area contributed by atoms with E-state index in [2.05, 4.69) is 45.4 Å². The van der Waals surface area contributed by atoms with Gasteiger partial charge in [0, 0.05) is 29.6 Å². The summed E-state index contributed by atoms with van der Waals surface area (Å²) >= 11 is 0. The molecule has 0 aliphatic heterocycles. The first kappa shape index (κ1) is 24.5. The smallest absolute Gasteiger partial charge is 0.272 e. The lowest BCUT2D eigenvalue weighted by molar-refractivity contribution is -0.385. The quantitative estimate of drug-likeness (QED) is 0.178. The Morgan fingerprint density at radius 1 is 1.21 bits per heavy atom. The minimum atomic E-state index is -1.36. The molecule has 0 aromatic heterocycles. The minimum Gasteiger partial charge on any atom is -0.321 e. The molecule has 0 heterocycles. The van der Waals surface area contributed by atoms with Gasteiger partial charge in [-0.2, -0.15) is 5.26 Å². The SMILES string of the molecule is CCCC(COP(OCCC#N)N(C(C)C)C(C)C)c1ccccc1[N+](=O)[O-]. The van der Waals surface area contributed by atoms with Crippen LogP contribution in [-0.2, 0) is 9.05 Å². The number of hydrogen-bond acceptors (Lipinski definition) is 6. The van der Waals surface area contributed by atoms with Gasteiger partial charge in [-0.3, -0.25) is 10.1 Å². The highest BCUT2D eigenvalue weighted by atomic mass is 31.2. The molecular formula is C20H32N3O4P. The first-order valence-corrected chi connectivity index (χ1v) is 10.9. The topological polar surface area (TPSA) is 88.6 Å². The van der Waals surface area contributed by atoms with E-state index in [1.54, 1.807) is 12.1 Å². The van der Waals surface area contributed by atoms with Crippen molar-refractivity contribution in [3.8, 4) is 6.07 Å². The number of rotatable bonds is 13. The number of benzene rings is 1. The summed E-state index contributed by atoms with van der Waals surface area (Å²) in [5, 5.41) is 20.2. The van der Waals surface area contributed by atoms with Gasteiger partial charge in [-0.05, 0) is 34.1 Å². The summed E-state index contributed by atoms with van der Waals surface area (Å²) in [5.74, 6) is -0.0858. The molecule has 1 aromatic rings. The number of nitro groups is 1. The zero-order valence-electron chi connectivity index (χ0n) is 17.5. The normalized spacial score (nSPS) is 13.7. The molecule has 0 bridgehead atoms. The van der Waals surface area contributed by atoms with Crippen LogP contribution >= 0.6 is 8.53 Å². The van der Waals surface area contributed by atoms with Crippen molar-refractivity contribution < 1.29 is 14.0 Å². The van der Waals surface area contributed by atoms with E-state index in [0.717, 1.165) is 12.8 Å². The molecule has 0 spiro atoms. The lowest BCUT2D eigenvalue weighted by Crippen LogP contribution is -2.34. The van der Waals surface area contributed by atoms with Gasteiger partial charge in [0.05, 0.1) is 30.6 Å². The molecule has 0 fully saturated rings. The number of hydrogen-bond donors (Lipinski definition) is 0. The molecule has 7 nitrogen and oxygen atoms in total. The molecule has 1 rings (SSSR count). The standard InChI is InChI=1S/C20H32N3O4P/c1-6-10-18(19-11-7-8-12-20(19)23(24)25)15-27-28(26-14-9-13-21)22(16(2)3)17(4)5/h7-8,11-12,16-18H,6,9-10,14-15H2,1-5H3. The molecule has 8 heteroatoms. The number of para-hydroxylation sites is 1. The Bertz CT molecular complexity index is 641. The van der Waals surface area contributed by atoms with E-state index >= 15 is 0 Å². The van der Waals surface area contributed by atoms with Crippen molar-refractivity contribution in [2.24, 2.45) is 0 Å². The Balaban J connectivity index is 3.02. The number of nitrogens with zero attached hydrogens (tertiary/aromatic N) is 3. The van der Waals surface area contributed by atoms with Crippen LogP contribution < -0.4 is 0 Å². The lowest BCUT2D eigenvalue weighted by atomic mass is 9.94. The van der Waals surface area contributed by atoms with Gasteiger partial charge in [-0.15, -0.1) is 0 Å². The molecule has 2 atom stereocenters. The third-order valence-electron chi connectivity index (χ3n) is 4.26. The van der Waals surface area contributed by atoms with Gasteiger partial charge in [0.2, 0.25) is 0 Å². The maximum absolute atomic E-state index is 11.4. The Labute approximate surface area is 169 Å². The maximum Gasteiger partial charge on any atom is 0.272 e. The van der Waals surface area contributed by atoms with E-state index in [-0.39, 0.29) is 28.6 Å². The first-order chi connectivity index (χ1) is 13.3. The van der Waals surface area contributed by atoms with E-state index in [0.29, 0.717) is 25.2 Å². The molecule has 1 aromatic carbocycles. The average molecular weight is 409 g/mol. The molecule has 0 saturated heterocycles. The van der Waals surface area contributed by atoms with E-state index in [4.69, 9.17) is 14.3 Å². The van der Waals surface area contributed by atoms with Crippen molar-refractivity contribution in [2.75, 3.05) is 13.2 Å². The molecule has 0 saturated carbocycles. The van der Waals surface area contributed by atoms with Crippen molar-refractivity contribution in [1.29, 1.82) is 5.26 Å². The van der Waals surface area contributed by atoms with Crippen LogP contribution in [0.4, 0.5) is 5.69 Å². The van der Waals surface area contributed by atoms with Crippen LogP contribution in [0.25, 0.3) is 0 Å². The molecule has 0 aliphatic rings. The summed E-state index contributed by atoms with van der Waals surface area (Å²) in [6, 6.07) is 9.37. The van der Waals surface area contributed by atoms with Gasteiger partial charge >= 0.3 is 0 Å². The number of nitriles is 1. The van der Waals surface area contributed by atoms with Crippen molar-refractivity contribution in [3.05, 3.63) is 39.9 Å². The maximum atomic E-state index is 11.4. The fourth-order valence-corrected chi connectivity index (χ4v) is 4.79. The fraction of sp³-hybridized carbons (Fsp3) is 0.650. The van der Waals surface area contributed by atoms with Crippen molar-refractivity contribution in [2.45, 2.75) is 71.9 Å². The second-order valence-electron chi connectivity index (χ2n) is 7.14. The molecule has 0 aliphatic carbocycles. The van der Waals surface area contributed by atoms with Crippen LogP contribution in [0, 0.1) is 21.4 Å². The Kier molecular flexibility index (Phi) is 11.2. The Morgan fingerprint density at radius 3 is 2.39 bits per heavy atom. The van der Waals surface area contributed by atoms with Crippen LogP contribution in [0.1, 0.15) is 65.4 Å². The summed E-state index contributed by atoms with van der Waals surface area (Å²) < 4.78 is 14.3. The van der Waals surface area contributed by atoms with Crippen molar-refractivity contribution in [3.63, 3.8) is 0 Å². The Morgan fingerprint density at radius 2 is 1.86 bits per heavy atom. The van der Waals surface area contributed by atoms with Crippen LogP contribution in [0.15, 0.2) is 24.3 Å². The largest absolute Gasteiger partial charge is 0.321 e. The van der Waals surface area contributed by atoms with Gasteiger partial charge in [0.25, 0.3) is 14.2 Å². The average Bonchev–Trinajstić information content (AvgIpc) is 2.64. The highest BCUT2D eigenvalue weighted by Gasteiger charge is 2.29. The third-order valence-corrected chi connectivity index (χ3v) is 6.33. The predicted octanol–water partition coefficient (Wildman–Crippen LogP) is 5.77. The molecule has 0 amide bonds. The molecule has 28 heavy (non-hydrogen) atoms. The van der Waals surface area contributed by atoms with Crippen LogP contribution in [-0.4, -0.2) is 34.9 Å². The van der Waals surface area contributed by atoms with E-state index < -0.39 is 8.53 Å². The zero-order chi connectivity index (χ0) is 21.1. The van der Waals surface area contributed by atoms with E-state index in [9.17, 15) is 10.1 Å². The van der Waals surface area contributed by atoms with Crippen LogP contribution in [0.2, 0.25) is 0 Å². The van der Waals surface area contributed by atoms with E-state index in [1.807, 2.05) is 12.1 Å². The van der Waals surface area contributed by atoms with Crippen LogP contribution in [0.3, 0.4) is 0 Å². The van der Waals surface area contributed by atoms with Gasteiger partial charge in [0.1, 0.15) is 0 Å². The molecule has 0 N–H and O–H groups in total.